The number of nitrogens with two attached hydrogens (primary N) is 1. The summed E-state index contributed by atoms with van der Waals surface area (Å²) in [5, 5.41) is 5.70. The lowest BCUT2D eigenvalue weighted by Crippen LogP contribution is -2.18. The van der Waals surface area contributed by atoms with Crippen molar-refractivity contribution >= 4 is 29.5 Å². The van der Waals surface area contributed by atoms with Crippen LogP contribution < -0.4 is 21.1 Å². The minimum Gasteiger partial charge on any atom is -0.495 e. The van der Waals surface area contributed by atoms with E-state index in [1.165, 1.54) is 6.92 Å². The maximum absolute atomic E-state index is 12.3. The maximum atomic E-state index is 12.3. The number of carbonyl (C=O) groups excluding carboxylic acids is 2. The van der Waals surface area contributed by atoms with Crippen LogP contribution in [0.5, 0.6) is 5.75 Å². The minimum atomic E-state index is -0.538. The Balaban J connectivity index is 1.63. The van der Waals surface area contributed by atoms with E-state index in [9.17, 15) is 9.59 Å². The Morgan fingerprint density at radius 2 is 1.77 bits per heavy atom. The van der Waals surface area contributed by atoms with E-state index in [0.29, 0.717) is 23.5 Å². The van der Waals surface area contributed by atoms with Crippen LogP contribution in [0.2, 0.25) is 0 Å². The summed E-state index contributed by atoms with van der Waals surface area (Å²) in [6, 6.07) is 14.0. The average Bonchev–Trinajstić information content (AvgIpc) is 2.76. The third-order valence-electron chi connectivity index (χ3n) is 4.12. The zero-order valence-electron chi connectivity index (χ0n) is 17.1. The van der Waals surface area contributed by atoms with Crippen LogP contribution in [0.15, 0.2) is 48.5 Å². The van der Waals surface area contributed by atoms with Crippen molar-refractivity contribution in [2.24, 2.45) is 0 Å². The zero-order valence-corrected chi connectivity index (χ0v) is 17.1. The highest BCUT2D eigenvalue weighted by atomic mass is 16.5. The summed E-state index contributed by atoms with van der Waals surface area (Å²) in [6.45, 7) is 1.65. The Bertz CT molecular complexity index is 1070. The van der Waals surface area contributed by atoms with Gasteiger partial charge in [-0.2, -0.15) is 15.0 Å². The molecule has 0 aliphatic carbocycles. The molecule has 0 spiro atoms. The quantitative estimate of drug-likeness (QED) is 0.466. The van der Waals surface area contributed by atoms with Gasteiger partial charge in [0, 0.05) is 13.5 Å². The van der Waals surface area contributed by atoms with Crippen LogP contribution in [0.25, 0.3) is 0 Å². The molecule has 2 aromatic carbocycles. The van der Waals surface area contributed by atoms with E-state index in [2.05, 4.69) is 25.6 Å². The van der Waals surface area contributed by atoms with Crippen molar-refractivity contribution < 1.29 is 19.1 Å². The number of hydrogen-bond donors (Lipinski definition) is 3. The lowest BCUT2D eigenvalue weighted by Gasteiger charge is -2.11. The molecular weight excluding hydrogens is 400 g/mol. The number of ether oxygens (including phenoxy) is 2. The Morgan fingerprint density at radius 1 is 1.03 bits per heavy atom. The van der Waals surface area contributed by atoms with E-state index in [4.69, 9.17) is 15.2 Å². The molecule has 0 radical (unpaired) electrons. The van der Waals surface area contributed by atoms with Gasteiger partial charge < -0.3 is 25.8 Å². The largest absolute Gasteiger partial charge is 0.495 e. The number of para-hydroxylation sites is 2. The second-order valence-electron chi connectivity index (χ2n) is 6.44. The predicted octanol–water partition coefficient (Wildman–Crippen LogP) is 2.20. The fraction of sp³-hybridized carbons (Fsp3) is 0.190. The highest BCUT2D eigenvalue weighted by Crippen LogP contribution is 2.25. The fourth-order valence-corrected chi connectivity index (χ4v) is 2.63. The molecule has 0 unspecified atom stereocenters. The smallest absolute Gasteiger partial charge is 0.338 e. The molecule has 0 saturated carbocycles. The van der Waals surface area contributed by atoms with Gasteiger partial charge in [-0.1, -0.05) is 24.3 Å². The molecule has 0 bridgehead atoms. The summed E-state index contributed by atoms with van der Waals surface area (Å²) >= 11 is 0. The number of rotatable bonds is 8. The van der Waals surface area contributed by atoms with Gasteiger partial charge in [-0.25, -0.2) is 4.79 Å². The number of anilines is 3. The van der Waals surface area contributed by atoms with E-state index in [-0.39, 0.29) is 30.2 Å². The van der Waals surface area contributed by atoms with Crippen LogP contribution in [0.1, 0.15) is 28.7 Å². The van der Waals surface area contributed by atoms with Gasteiger partial charge in [0.2, 0.25) is 17.8 Å². The maximum Gasteiger partial charge on any atom is 0.338 e. The lowest BCUT2D eigenvalue weighted by molar-refractivity contribution is -0.119. The second-order valence-corrected chi connectivity index (χ2v) is 6.44. The minimum absolute atomic E-state index is 0.0132. The molecule has 10 heteroatoms. The van der Waals surface area contributed by atoms with E-state index in [0.717, 1.165) is 5.56 Å². The van der Waals surface area contributed by atoms with E-state index >= 15 is 0 Å². The second kappa shape index (κ2) is 10.0. The van der Waals surface area contributed by atoms with Crippen molar-refractivity contribution in [2.75, 3.05) is 18.2 Å². The van der Waals surface area contributed by atoms with Crippen LogP contribution >= 0.6 is 0 Å². The molecule has 0 aliphatic heterocycles. The molecule has 160 valence electrons. The molecule has 31 heavy (non-hydrogen) atoms. The number of hydrogen-bond acceptors (Lipinski definition) is 9. The topological polar surface area (TPSA) is 141 Å². The summed E-state index contributed by atoms with van der Waals surface area (Å²) in [5.74, 6) is 0.326. The van der Waals surface area contributed by atoms with Crippen LogP contribution in [-0.4, -0.2) is 33.9 Å². The SMILES string of the molecule is COc1ccccc1Nc1nc(N)nc(COC(=O)c2ccc(CNC(C)=O)cc2)n1. The summed E-state index contributed by atoms with van der Waals surface area (Å²) in [6.07, 6.45) is 0. The molecule has 1 amide bonds. The number of methoxy groups -OCH3 is 1. The number of amides is 1. The van der Waals surface area contributed by atoms with E-state index in [1.807, 2.05) is 12.1 Å². The molecule has 3 aromatic rings. The van der Waals surface area contributed by atoms with Crippen molar-refractivity contribution in [3.05, 3.63) is 65.5 Å². The number of benzene rings is 2. The van der Waals surface area contributed by atoms with Gasteiger partial charge in [-0.05, 0) is 29.8 Å². The first-order valence-electron chi connectivity index (χ1n) is 9.35. The molecule has 0 fully saturated rings. The van der Waals surface area contributed by atoms with Crippen molar-refractivity contribution in [1.29, 1.82) is 0 Å². The van der Waals surface area contributed by atoms with Crippen LogP contribution in [0.4, 0.5) is 17.6 Å². The van der Waals surface area contributed by atoms with E-state index in [1.54, 1.807) is 43.5 Å². The monoisotopic (exact) mass is 422 g/mol. The van der Waals surface area contributed by atoms with Crippen molar-refractivity contribution in [3.63, 3.8) is 0 Å². The van der Waals surface area contributed by atoms with Gasteiger partial charge in [0.05, 0.1) is 18.4 Å². The molecule has 0 saturated heterocycles. The molecular formula is C21H22N6O4. The Kier molecular flexibility index (Phi) is 6.94. The van der Waals surface area contributed by atoms with Gasteiger partial charge in [0.1, 0.15) is 5.75 Å². The normalized spacial score (nSPS) is 10.3. The van der Waals surface area contributed by atoms with Gasteiger partial charge in [0.15, 0.2) is 12.4 Å². The summed E-state index contributed by atoms with van der Waals surface area (Å²) in [7, 11) is 1.56. The van der Waals surface area contributed by atoms with Crippen molar-refractivity contribution in [1.82, 2.24) is 20.3 Å². The third kappa shape index (κ3) is 6.13. The molecule has 0 aliphatic rings. The van der Waals surface area contributed by atoms with Crippen LogP contribution in [-0.2, 0) is 22.7 Å². The standard InChI is InChI=1S/C21H22N6O4/c1-13(28)23-11-14-7-9-15(10-8-14)19(29)31-12-18-25-20(22)27-21(26-18)24-16-5-3-4-6-17(16)30-2/h3-10H,11-12H2,1-2H3,(H,23,28)(H3,22,24,25,26,27). The number of nitrogens with zero attached hydrogens (tertiary/aromatic N) is 3. The first-order valence-corrected chi connectivity index (χ1v) is 9.35. The number of esters is 1. The van der Waals surface area contributed by atoms with Gasteiger partial charge in [-0.15, -0.1) is 0 Å². The van der Waals surface area contributed by atoms with Crippen molar-refractivity contribution in [3.8, 4) is 5.75 Å². The summed E-state index contributed by atoms with van der Waals surface area (Å²) < 4.78 is 10.6. The molecule has 0 atom stereocenters. The zero-order chi connectivity index (χ0) is 22.2. The van der Waals surface area contributed by atoms with Gasteiger partial charge >= 0.3 is 5.97 Å². The molecule has 10 nitrogen and oxygen atoms in total. The Labute approximate surface area is 178 Å². The number of nitrogens with one attached hydrogen (secondary N) is 2. The Morgan fingerprint density at radius 3 is 2.48 bits per heavy atom. The highest BCUT2D eigenvalue weighted by molar-refractivity contribution is 5.89. The number of carbonyl (C=O) groups is 2. The summed E-state index contributed by atoms with van der Waals surface area (Å²) in [5.41, 5.74) is 7.64. The predicted molar refractivity (Wildman–Crippen MR) is 114 cm³/mol. The Hall–Kier alpha value is -4.21. The average molecular weight is 422 g/mol. The molecule has 3 rings (SSSR count). The van der Waals surface area contributed by atoms with Gasteiger partial charge in [0.25, 0.3) is 0 Å². The fourth-order valence-electron chi connectivity index (χ4n) is 2.63. The third-order valence-corrected chi connectivity index (χ3v) is 4.12. The van der Waals surface area contributed by atoms with Crippen LogP contribution in [0.3, 0.4) is 0 Å². The van der Waals surface area contributed by atoms with E-state index < -0.39 is 5.97 Å². The molecule has 4 N–H and O–H groups in total. The number of nitrogen functional groups attached to an aromatic ring is 1. The molecule has 1 aromatic heterocycles. The lowest BCUT2D eigenvalue weighted by atomic mass is 10.1. The first-order chi connectivity index (χ1) is 14.9. The van der Waals surface area contributed by atoms with Crippen molar-refractivity contribution in [2.45, 2.75) is 20.1 Å². The number of aromatic nitrogens is 3. The summed E-state index contributed by atoms with van der Waals surface area (Å²) in [4.78, 5) is 35.6. The first kappa shape index (κ1) is 21.5. The highest BCUT2D eigenvalue weighted by Gasteiger charge is 2.12. The van der Waals surface area contributed by atoms with Crippen LogP contribution in [0, 0.1) is 0 Å². The van der Waals surface area contributed by atoms with Gasteiger partial charge in [-0.3, -0.25) is 4.79 Å². The molecule has 1 heterocycles.